The van der Waals surface area contributed by atoms with E-state index in [0.29, 0.717) is 22.3 Å². The predicted octanol–water partition coefficient (Wildman–Crippen LogP) is 2.69. The van der Waals surface area contributed by atoms with Crippen LogP contribution in [0.2, 0.25) is 0 Å². The highest BCUT2D eigenvalue weighted by atomic mass is 16.5. The van der Waals surface area contributed by atoms with E-state index in [0.717, 1.165) is 0 Å². The number of anilines is 1. The largest absolute Gasteiger partial charge is 0.370 e. The van der Waals surface area contributed by atoms with Gasteiger partial charge in [-0.1, -0.05) is 6.58 Å². The molecule has 0 unspecified atom stereocenters. The molecule has 2 aromatic heterocycles. The third-order valence-electron chi connectivity index (χ3n) is 4.04. The third-order valence-corrected chi connectivity index (χ3v) is 4.04. The summed E-state index contributed by atoms with van der Waals surface area (Å²) < 4.78 is 5.41. The van der Waals surface area contributed by atoms with Crippen LogP contribution in [-0.4, -0.2) is 22.7 Å². The average molecular weight is 320 g/mol. The summed E-state index contributed by atoms with van der Waals surface area (Å²) in [5, 5.41) is 10.2. The average Bonchev–Trinajstić information content (AvgIpc) is 2.61. The number of rotatable bonds is 3. The van der Waals surface area contributed by atoms with Crippen molar-refractivity contribution in [2.75, 3.05) is 12.0 Å². The molecule has 1 aliphatic rings. The first kappa shape index (κ1) is 15.7. The summed E-state index contributed by atoms with van der Waals surface area (Å²) in [4.78, 5) is 20.9. The summed E-state index contributed by atoms with van der Waals surface area (Å²) in [7, 11) is 1.62. The van der Waals surface area contributed by atoms with Crippen molar-refractivity contribution >= 4 is 22.7 Å². The molecule has 0 fully saturated rings. The fourth-order valence-electron chi connectivity index (χ4n) is 2.52. The minimum Gasteiger partial charge on any atom is -0.370 e. The molecule has 0 spiro atoms. The van der Waals surface area contributed by atoms with Crippen LogP contribution >= 0.6 is 0 Å². The highest BCUT2D eigenvalue weighted by molar-refractivity contribution is 5.96. The molecule has 0 saturated carbocycles. The highest BCUT2D eigenvalue weighted by Gasteiger charge is 2.23. The van der Waals surface area contributed by atoms with Crippen LogP contribution in [0.25, 0.3) is 17.0 Å². The summed E-state index contributed by atoms with van der Waals surface area (Å²) in [6.07, 6.45) is 10.5. The van der Waals surface area contributed by atoms with Crippen molar-refractivity contribution in [3.8, 4) is 6.07 Å². The van der Waals surface area contributed by atoms with Gasteiger partial charge in [0, 0.05) is 24.9 Å². The maximum absolute atomic E-state index is 12.2. The number of ether oxygens (including phenoxy) is 1. The number of hydrogen-bond acceptors (Lipinski definition) is 5. The molecule has 6 heteroatoms. The first-order chi connectivity index (χ1) is 11.5. The van der Waals surface area contributed by atoms with Gasteiger partial charge < -0.3 is 14.6 Å². The quantitative estimate of drug-likeness (QED) is 0.940. The fraction of sp³-hybridized carbons (Fsp3) is 0.167. The molecular formula is C18H16N4O2. The Morgan fingerprint density at radius 1 is 1.46 bits per heavy atom. The van der Waals surface area contributed by atoms with Crippen LogP contribution < -0.4 is 10.5 Å². The van der Waals surface area contributed by atoms with E-state index in [4.69, 9.17) is 4.74 Å². The molecule has 1 N–H and O–H groups in total. The summed E-state index contributed by atoms with van der Waals surface area (Å²) in [6.45, 7) is 5.63. The molecule has 0 saturated heterocycles. The zero-order chi connectivity index (χ0) is 17.3. The van der Waals surface area contributed by atoms with Crippen LogP contribution in [0.15, 0.2) is 48.2 Å². The Morgan fingerprint density at radius 3 is 2.75 bits per heavy atom. The van der Waals surface area contributed by atoms with E-state index >= 15 is 0 Å². The van der Waals surface area contributed by atoms with Crippen molar-refractivity contribution in [1.82, 2.24) is 9.97 Å². The smallest absolute Gasteiger partial charge is 0.268 e. The van der Waals surface area contributed by atoms with Gasteiger partial charge in [0.1, 0.15) is 17.2 Å². The van der Waals surface area contributed by atoms with Crippen LogP contribution in [0.5, 0.6) is 0 Å². The number of H-pyrrole nitrogens is 1. The highest BCUT2D eigenvalue weighted by Crippen LogP contribution is 2.31. The van der Waals surface area contributed by atoms with Crippen LogP contribution in [-0.2, 0) is 4.74 Å². The van der Waals surface area contributed by atoms with E-state index in [1.54, 1.807) is 42.7 Å². The lowest BCUT2D eigenvalue weighted by atomic mass is 10.0. The number of nitrogens with one attached hydrogen (secondary N) is 1. The third kappa shape index (κ3) is 2.51. The number of nitrogens with zero attached hydrogens (tertiary/aromatic N) is 3. The maximum atomic E-state index is 12.2. The number of methoxy groups -OCH3 is 1. The molecular weight excluding hydrogens is 304 g/mol. The Kier molecular flexibility index (Phi) is 3.80. The van der Waals surface area contributed by atoms with Crippen molar-refractivity contribution in [2.24, 2.45) is 0 Å². The van der Waals surface area contributed by atoms with Crippen molar-refractivity contribution in [3.05, 3.63) is 65.0 Å². The lowest BCUT2D eigenvalue weighted by molar-refractivity contribution is 0.0894. The topological polar surface area (TPSA) is 82.0 Å². The molecule has 1 aliphatic heterocycles. The molecule has 0 aromatic carbocycles. The predicted molar refractivity (Wildman–Crippen MR) is 93.3 cm³/mol. The minimum atomic E-state index is -0.520. The van der Waals surface area contributed by atoms with Crippen LogP contribution in [0.4, 0.5) is 5.69 Å². The summed E-state index contributed by atoms with van der Waals surface area (Å²) in [5.74, 6) is 0. The number of aromatic nitrogens is 2. The molecule has 0 bridgehead atoms. The SMILES string of the molecule is C=Cc1cc2c(N3C=CC(C)(OC)C=C3)c(C#N)c(=O)[nH]c2cn1. The second kappa shape index (κ2) is 5.80. The molecule has 0 atom stereocenters. The lowest BCUT2D eigenvalue weighted by Crippen LogP contribution is -2.28. The van der Waals surface area contributed by atoms with E-state index in [1.165, 1.54) is 0 Å². The standard InChI is InChI=1S/C18H16N4O2/c1-4-12-9-13-15(11-20-12)21-17(23)14(10-19)16(13)22-7-5-18(2,24-3)6-8-22/h4-9,11H,1H2,2-3H3,(H,21,23). The van der Waals surface area contributed by atoms with Gasteiger partial charge >= 0.3 is 0 Å². The lowest BCUT2D eigenvalue weighted by Gasteiger charge is -2.28. The molecule has 3 rings (SSSR count). The minimum absolute atomic E-state index is 0.0408. The number of aromatic amines is 1. The van der Waals surface area contributed by atoms with Gasteiger partial charge in [-0.15, -0.1) is 0 Å². The van der Waals surface area contributed by atoms with Gasteiger partial charge in [-0.25, -0.2) is 0 Å². The van der Waals surface area contributed by atoms with Crippen molar-refractivity contribution in [1.29, 1.82) is 5.26 Å². The van der Waals surface area contributed by atoms with Gasteiger partial charge in [0.15, 0.2) is 0 Å². The first-order valence-corrected chi connectivity index (χ1v) is 7.32. The van der Waals surface area contributed by atoms with Crippen LogP contribution in [0.1, 0.15) is 18.2 Å². The first-order valence-electron chi connectivity index (χ1n) is 7.32. The molecule has 0 amide bonds. The van der Waals surface area contributed by atoms with Crippen molar-refractivity contribution in [2.45, 2.75) is 12.5 Å². The maximum Gasteiger partial charge on any atom is 0.268 e. The Morgan fingerprint density at radius 2 is 2.17 bits per heavy atom. The van der Waals surface area contributed by atoms with E-state index < -0.39 is 11.2 Å². The van der Waals surface area contributed by atoms with Gasteiger partial charge in [0.05, 0.1) is 23.1 Å². The second-order valence-corrected chi connectivity index (χ2v) is 5.58. The van der Waals surface area contributed by atoms with Gasteiger partial charge in [0.2, 0.25) is 0 Å². The Balaban J connectivity index is 2.28. The number of hydrogen-bond donors (Lipinski definition) is 1. The molecule has 3 heterocycles. The fourth-order valence-corrected chi connectivity index (χ4v) is 2.52. The zero-order valence-corrected chi connectivity index (χ0v) is 13.4. The molecule has 120 valence electrons. The summed E-state index contributed by atoms with van der Waals surface area (Å²) in [6, 6.07) is 3.79. The van der Waals surface area contributed by atoms with E-state index in [2.05, 4.69) is 16.5 Å². The van der Waals surface area contributed by atoms with E-state index in [1.807, 2.05) is 25.1 Å². The summed E-state index contributed by atoms with van der Waals surface area (Å²) >= 11 is 0. The zero-order valence-electron chi connectivity index (χ0n) is 13.4. The number of pyridine rings is 2. The number of fused-ring (bicyclic) bond motifs is 1. The summed E-state index contributed by atoms with van der Waals surface area (Å²) in [5.41, 5.74) is 0.794. The Hall–Kier alpha value is -3.17. The molecule has 0 aliphatic carbocycles. The Labute approximate surface area is 139 Å². The Bertz CT molecular complexity index is 965. The van der Waals surface area contributed by atoms with Gasteiger partial charge in [-0.2, -0.15) is 5.26 Å². The van der Waals surface area contributed by atoms with Gasteiger partial charge in [-0.05, 0) is 31.2 Å². The normalized spacial score (nSPS) is 15.5. The second-order valence-electron chi connectivity index (χ2n) is 5.58. The van der Waals surface area contributed by atoms with Crippen molar-refractivity contribution in [3.63, 3.8) is 0 Å². The van der Waals surface area contributed by atoms with E-state index in [9.17, 15) is 10.1 Å². The van der Waals surface area contributed by atoms with E-state index in [-0.39, 0.29) is 5.56 Å². The van der Waals surface area contributed by atoms with Crippen LogP contribution in [0, 0.1) is 11.3 Å². The molecule has 6 nitrogen and oxygen atoms in total. The molecule has 0 radical (unpaired) electrons. The van der Waals surface area contributed by atoms with Gasteiger partial charge in [-0.3, -0.25) is 9.78 Å². The van der Waals surface area contributed by atoms with Crippen LogP contribution in [0.3, 0.4) is 0 Å². The number of nitriles is 1. The van der Waals surface area contributed by atoms with Gasteiger partial charge in [0.25, 0.3) is 5.56 Å². The molecule has 2 aromatic rings. The molecule has 24 heavy (non-hydrogen) atoms. The van der Waals surface area contributed by atoms with Crippen molar-refractivity contribution < 1.29 is 4.74 Å². The monoisotopic (exact) mass is 320 g/mol.